The molecule has 0 fully saturated rings. The van der Waals surface area contributed by atoms with E-state index in [1.807, 2.05) is 18.2 Å². The van der Waals surface area contributed by atoms with E-state index >= 15 is 0 Å². The van der Waals surface area contributed by atoms with Gasteiger partial charge in [-0.3, -0.25) is 4.79 Å². The van der Waals surface area contributed by atoms with Crippen molar-refractivity contribution < 1.29 is 14.3 Å². The van der Waals surface area contributed by atoms with Crippen LogP contribution in [0, 0.1) is 0 Å². The molecule has 110 valence electrons. The van der Waals surface area contributed by atoms with E-state index < -0.39 is 0 Å². The quantitative estimate of drug-likeness (QED) is 0.857. The van der Waals surface area contributed by atoms with Crippen LogP contribution >= 0.6 is 11.6 Å². The van der Waals surface area contributed by atoms with Crippen molar-refractivity contribution in [1.82, 2.24) is 0 Å². The maximum atomic E-state index is 12.5. The number of carbonyl (C=O) groups is 1. The van der Waals surface area contributed by atoms with Gasteiger partial charge in [0, 0.05) is 11.6 Å². The summed E-state index contributed by atoms with van der Waals surface area (Å²) in [6.07, 6.45) is 0. The Morgan fingerprint density at radius 3 is 2.29 bits per heavy atom. The normalized spacial score (nSPS) is 10.0. The molecular formula is C16H16ClNO3. The van der Waals surface area contributed by atoms with Crippen LogP contribution in [0.2, 0.25) is 0 Å². The van der Waals surface area contributed by atoms with Crippen LogP contribution in [-0.2, 0) is 5.88 Å². The van der Waals surface area contributed by atoms with Gasteiger partial charge in [0.25, 0.3) is 5.91 Å². The zero-order chi connectivity index (χ0) is 15.2. The predicted molar refractivity (Wildman–Crippen MR) is 83.5 cm³/mol. The Kier molecular flexibility index (Phi) is 5.06. The Morgan fingerprint density at radius 1 is 1.10 bits per heavy atom. The Balaban J connectivity index is 2.31. The number of carbonyl (C=O) groups excluding carboxylic acids is 1. The molecule has 0 spiro atoms. The minimum atomic E-state index is -0.295. The lowest BCUT2D eigenvalue weighted by Crippen LogP contribution is -2.14. The molecule has 0 unspecified atom stereocenters. The Morgan fingerprint density at radius 2 is 1.71 bits per heavy atom. The number of hydrogen-bond acceptors (Lipinski definition) is 3. The van der Waals surface area contributed by atoms with E-state index in [-0.39, 0.29) is 5.91 Å². The van der Waals surface area contributed by atoms with Gasteiger partial charge in [0.1, 0.15) is 17.1 Å². The summed E-state index contributed by atoms with van der Waals surface area (Å²) in [5, 5.41) is 2.82. The first-order chi connectivity index (χ1) is 10.2. The van der Waals surface area contributed by atoms with Gasteiger partial charge < -0.3 is 14.8 Å². The summed E-state index contributed by atoms with van der Waals surface area (Å²) >= 11 is 5.80. The third-order valence-electron chi connectivity index (χ3n) is 2.99. The summed E-state index contributed by atoms with van der Waals surface area (Å²) in [5.41, 5.74) is 1.96. The second-order valence-corrected chi connectivity index (χ2v) is 4.59. The molecule has 21 heavy (non-hydrogen) atoms. The van der Waals surface area contributed by atoms with Crippen LogP contribution in [0.3, 0.4) is 0 Å². The van der Waals surface area contributed by atoms with Crippen LogP contribution in [0.15, 0.2) is 42.5 Å². The van der Waals surface area contributed by atoms with Crippen LogP contribution in [0.4, 0.5) is 5.69 Å². The third kappa shape index (κ3) is 3.47. The monoisotopic (exact) mass is 305 g/mol. The third-order valence-corrected chi connectivity index (χ3v) is 3.30. The Bertz CT molecular complexity index is 621. The minimum Gasteiger partial charge on any atom is -0.496 e. The van der Waals surface area contributed by atoms with Gasteiger partial charge in [-0.2, -0.15) is 0 Å². The first-order valence-corrected chi connectivity index (χ1v) is 6.90. The molecule has 2 rings (SSSR count). The van der Waals surface area contributed by atoms with Crippen molar-refractivity contribution in [1.29, 1.82) is 0 Å². The molecule has 0 bridgehead atoms. The van der Waals surface area contributed by atoms with Crippen molar-refractivity contribution >= 4 is 23.2 Å². The molecule has 0 aromatic heterocycles. The molecule has 5 heteroatoms. The molecule has 1 amide bonds. The molecule has 0 atom stereocenters. The van der Waals surface area contributed by atoms with E-state index in [1.165, 1.54) is 14.2 Å². The molecule has 1 N–H and O–H groups in total. The highest BCUT2D eigenvalue weighted by Crippen LogP contribution is 2.29. The number of nitrogens with one attached hydrogen (secondary N) is 1. The lowest BCUT2D eigenvalue weighted by Gasteiger charge is -2.13. The summed E-state index contributed by atoms with van der Waals surface area (Å²) < 4.78 is 10.5. The smallest absolute Gasteiger partial charge is 0.263 e. The van der Waals surface area contributed by atoms with Crippen LogP contribution in [0.1, 0.15) is 15.9 Å². The van der Waals surface area contributed by atoms with E-state index in [9.17, 15) is 4.79 Å². The maximum absolute atomic E-state index is 12.5. The van der Waals surface area contributed by atoms with Gasteiger partial charge in [-0.25, -0.2) is 0 Å². The fourth-order valence-corrected chi connectivity index (χ4v) is 2.17. The molecule has 2 aromatic rings. The number of hydrogen-bond donors (Lipinski definition) is 1. The number of alkyl halides is 1. The largest absolute Gasteiger partial charge is 0.496 e. The molecule has 0 heterocycles. The maximum Gasteiger partial charge on any atom is 0.263 e. The molecule has 4 nitrogen and oxygen atoms in total. The van der Waals surface area contributed by atoms with Gasteiger partial charge in [0.05, 0.1) is 14.2 Å². The van der Waals surface area contributed by atoms with Crippen molar-refractivity contribution in [2.75, 3.05) is 19.5 Å². The van der Waals surface area contributed by atoms with Crippen LogP contribution in [0.25, 0.3) is 0 Å². The van der Waals surface area contributed by atoms with Crippen LogP contribution in [-0.4, -0.2) is 20.1 Å². The van der Waals surface area contributed by atoms with Crippen molar-refractivity contribution in [2.24, 2.45) is 0 Å². The molecule has 2 aromatic carbocycles. The average molecular weight is 306 g/mol. The van der Waals surface area contributed by atoms with E-state index in [2.05, 4.69) is 5.32 Å². The molecule has 0 aliphatic carbocycles. The van der Waals surface area contributed by atoms with Gasteiger partial charge in [-0.15, -0.1) is 11.6 Å². The Hall–Kier alpha value is -2.20. The number of ether oxygens (including phenoxy) is 2. The first-order valence-electron chi connectivity index (χ1n) is 6.37. The number of halogens is 1. The van der Waals surface area contributed by atoms with Crippen molar-refractivity contribution in [3.63, 3.8) is 0 Å². The second-order valence-electron chi connectivity index (χ2n) is 4.33. The highest BCUT2D eigenvalue weighted by molar-refractivity contribution is 6.17. The highest BCUT2D eigenvalue weighted by atomic mass is 35.5. The van der Waals surface area contributed by atoms with Crippen LogP contribution in [0.5, 0.6) is 11.5 Å². The van der Waals surface area contributed by atoms with Gasteiger partial charge in [0.15, 0.2) is 0 Å². The highest BCUT2D eigenvalue weighted by Gasteiger charge is 2.18. The fraction of sp³-hybridized carbons (Fsp3) is 0.188. The zero-order valence-electron chi connectivity index (χ0n) is 11.9. The lowest BCUT2D eigenvalue weighted by molar-refractivity contribution is 0.102. The molecule has 0 aliphatic heterocycles. The number of benzene rings is 2. The first kappa shape index (κ1) is 15.2. The predicted octanol–water partition coefficient (Wildman–Crippen LogP) is 3.69. The van der Waals surface area contributed by atoms with Crippen molar-refractivity contribution in [3.05, 3.63) is 53.6 Å². The standard InChI is InChI=1S/C16H16ClNO3/c1-20-13-7-4-8-14(21-2)15(13)16(19)18-12-6-3-5-11(9-12)10-17/h3-9H,10H2,1-2H3,(H,18,19). The molecule has 0 saturated carbocycles. The van der Waals surface area contributed by atoms with Gasteiger partial charge in [-0.1, -0.05) is 18.2 Å². The second kappa shape index (κ2) is 6.99. The Labute approximate surface area is 128 Å². The molecule has 0 saturated heterocycles. The summed E-state index contributed by atoms with van der Waals surface area (Å²) in [6, 6.07) is 12.6. The number of anilines is 1. The van der Waals surface area contributed by atoms with Crippen LogP contribution < -0.4 is 14.8 Å². The van der Waals surface area contributed by atoms with E-state index in [0.29, 0.717) is 28.6 Å². The fourth-order valence-electron chi connectivity index (χ4n) is 2.00. The van der Waals surface area contributed by atoms with E-state index in [4.69, 9.17) is 21.1 Å². The molecule has 0 aliphatic rings. The molecular weight excluding hydrogens is 290 g/mol. The number of amides is 1. The molecule has 0 radical (unpaired) electrons. The number of methoxy groups -OCH3 is 2. The number of rotatable bonds is 5. The lowest BCUT2D eigenvalue weighted by atomic mass is 10.1. The SMILES string of the molecule is COc1cccc(OC)c1C(=O)Nc1cccc(CCl)c1. The van der Waals surface area contributed by atoms with Gasteiger partial charge >= 0.3 is 0 Å². The van der Waals surface area contributed by atoms with E-state index in [0.717, 1.165) is 5.56 Å². The van der Waals surface area contributed by atoms with Gasteiger partial charge in [-0.05, 0) is 29.8 Å². The average Bonchev–Trinajstić information content (AvgIpc) is 2.53. The van der Waals surface area contributed by atoms with Crippen molar-refractivity contribution in [2.45, 2.75) is 5.88 Å². The van der Waals surface area contributed by atoms with Crippen molar-refractivity contribution in [3.8, 4) is 11.5 Å². The minimum absolute atomic E-state index is 0.295. The summed E-state index contributed by atoms with van der Waals surface area (Å²) in [5.74, 6) is 1.01. The topological polar surface area (TPSA) is 47.6 Å². The van der Waals surface area contributed by atoms with Gasteiger partial charge in [0.2, 0.25) is 0 Å². The summed E-state index contributed by atoms with van der Waals surface area (Å²) in [6.45, 7) is 0. The van der Waals surface area contributed by atoms with E-state index in [1.54, 1.807) is 24.3 Å². The summed E-state index contributed by atoms with van der Waals surface area (Å²) in [4.78, 5) is 12.5. The summed E-state index contributed by atoms with van der Waals surface area (Å²) in [7, 11) is 3.03. The zero-order valence-corrected chi connectivity index (χ0v) is 12.6.